The van der Waals surface area contributed by atoms with Crippen LogP contribution in [0.5, 0.6) is 0 Å². The van der Waals surface area contributed by atoms with Crippen molar-refractivity contribution in [2.75, 3.05) is 0 Å². The second-order valence-corrected chi connectivity index (χ2v) is 3.09. The second kappa shape index (κ2) is 4.42. The van der Waals surface area contributed by atoms with Gasteiger partial charge in [-0.15, -0.1) is 0 Å². The summed E-state index contributed by atoms with van der Waals surface area (Å²) in [6.07, 6.45) is 3.97. The van der Waals surface area contributed by atoms with Crippen molar-refractivity contribution >= 4 is 5.91 Å². The molecule has 0 saturated heterocycles. The van der Waals surface area contributed by atoms with Crippen molar-refractivity contribution in [2.24, 2.45) is 5.84 Å². The first kappa shape index (κ1) is 9.48. The van der Waals surface area contributed by atoms with Gasteiger partial charge in [0.15, 0.2) is 0 Å². The van der Waals surface area contributed by atoms with E-state index in [1.807, 2.05) is 6.92 Å². The number of rotatable bonds is 4. The number of hydrazine groups is 1. The molecular weight excluding hydrogens is 156 g/mol. The molecule has 1 fully saturated rings. The van der Waals surface area contributed by atoms with E-state index in [1.165, 1.54) is 6.42 Å². The fourth-order valence-corrected chi connectivity index (χ4v) is 1.18. The normalized spacial score (nSPS) is 19.8. The average Bonchev–Trinajstić information content (AvgIpc) is 2.02. The van der Waals surface area contributed by atoms with Crippen molar-refractivity contribution in [3.63, 3.8) is 0 Å². The summed E-state index contributed by atoms with van der Waals surface area (Å²) in [6, 6.07) is 0. The summed E-state index contributed by atoms with van der Waals surface area (Å²) in [4.78, 5) is 11.1. The minimum absolute atomic E-state index is 0.218. The van der Waals surface area contributed by atoms with Crippen molar-refractivity contribution in [2.45, 2.75) is 44.8 Å². The Morgan fingerprint density at radius 2 is 2.42 bits per heavy atom. The topological polar surface area (TPSA) is 64.3 Å². The van der Waals surface area contributed by atoms with Crippen LogP contribution in [0.4, 0.5) is 0 Å². The SMILES string of the molecule is CCC(OC1CCC1)C(=O)NN. The lowest BCUT2D eigenvalue weighted by atomic mass is 9.96. The van der Waals surface area contributed by atoms with E-state index in [0.717, 1.165) is 12.8 Å². The Morgan fingerprint density at radius 1 is 1.75 bits per heavy atom. The molecule has 0 aromatic carbocycles. The van der Waals surface area contributed by atoms with E-state index in [0.29, 0.717) is 6.42 Å². The van der Waals surface area contributed by atoms with Crippen LogP contribution in [-0.4, -0.2) is 18.1 Å². The lowest BCUT2D eigenvalue weighted by Gasteiger charge is -2.29. The van der Waals surface area contributed by atoms with Gasteiger partial charge in [0.1, 0.15) is 6.10 Å². The van der Waals surface area contributed by atoms with Gasteiger partial charge in [0.05, 0.1) is 6.10 Å². The zero-order chi connectivity index (χ0) is 8.97. The summed E-state index contributed by atoms with van der Waals surface area (Å²) in [5.74, 6) is 4.79. The number of hydrogen-bond donors (Lipinski definition) is 2. The van der Waals surface area contributed by atoms with Gasteiger partial charge in [-0.3, -0.25) is 10.2 Å². The first-order valence-electron chi connectivity index (χ1n) is 4.43. The lowest BCUT2D eigenvalue weighted by molar-refractivity contribution is -0.140. The highest BCUT2D eigenvalue weighted by atomic mass is 16.5. The maximum Gasteiger partial charge on any atom is 0.262 e. The zero-order valence-electron chi connectivity index (χ0n) is 7.38. The molecule has 1 atom stereocenters. The van der Waals surface area contributed by atoms with Crippen LogP contribution in [-0.2, 0) is 9.53 Å². The van der Waals surface area contributed by atoms with Crippen LogP contribution >= 0.6 is 0 Å². The Hall–Kier alpha value is -0.610. The van der Waals surface area contributed by atoms with Crippen LogP contribution in [0.15, 0.2) is 0 Å². The van der Waals surface area contributed by atoms with Gasteiger partial charge in [-0.05, 0) is 25.7 Å². The number of nitrogens with two attached hydrogens (primary N) is 1. The summed E-state index contributed by atoms with van der Waals surface area (Å²) >= 11 is 0. The maximum atomic E-state index is 11.1. The summed E-state index contributed by atoms with van der Waals surface area (Å²) < 4.78 is 5.50. The molecule has 1 saturated carbocycles. The first-order chi connectivity index (χ1) is 5.77. The van der Waals surface area contributed by atoms with Gasteiger partial charge in [0.25, 0.3) is 5.91 Å². The van der Waals surface area contributed by atoms with E-state index in [2.05, 4.69) is 5.43 Å². The van der Waals surface area contributed by atoms with Crippen molar-refractivity contribution in [1.29, 1.82) is 0 Å². The van der Waals surface area contributed by atoms with Crippen LogP contribution in [0.3, 0.4) is 0 Å². The third kappa shape index (κ3) is 2.19. The molecule has 1 rings (SSSR count). The van der Waals surface area contributed by atoms with E-state index in [4.69, 9.17) is 10.6 Å². The van der Waals surface area contributed by atoms with Crippen LogP contribution in [0.2, 0.25) is 0 Å². The van der Waals surface area contributed by atoms with Gasteiger partial charge in [0, 0.05) is 0 Å². The molecule has 1 amide bonds. The third-order valence-corrected chi connectivity index (χ3v) is 2.21. The third-order valence-electron chi connectivity index (χ3n) is 2.21. The smallest absolute Gasteiger partial charge is 0.262 e. The molecule has 0 bridgehead atoms. The Balaban J connectivity index is 2.28. The molecule has 3 N–H and O–H groups in total. The molecule has 0 aromatic heterocycles. The molecule has 70 valence electrons. The molecule has 0 aliphatic heterocycles. The molecule has 1 aliphatic carbocycles. The molecule has 1 unspecified atom stereocenters. The fourth-order valence-electron chi connectivity index (χ4n) is 1.18. The van der Waals surface area contributed by atoms with Gasteiger partial charge >= 0.3 is 0 Å². The van der Waals surface area contributed by atoms with Crippen LogP contribution in [0.25, 0.3) is 0 Å². The zero-order valence-corrected chi connectivity index (χ0v) is 7.38. The number of nitrogens with one attached hydrogen (secondary N) is 1. The van der Waals surface area contributed by atoms with Gasteiger partial charge in [0.2, 0.25) is 0 Å². The molecule has 0 aromatic rings. The van der Waals surface area contributed by atoms with E-state index in [1.54, 1.807) is 0 Å². The van der Waals surface area contributed by atoms with E-state index < -0.39 is 0 Å². The molecule has 1 aliphatic rings. The maximum absolute atomic E-state index is 11.1. The van der Waals surface area contributed by atoms with Crippen LogP contribution < -0.4 is 11.3 Å². The van der Waals surface area contributed by atoms with Gasteiger partial charge in [-0.2, -0.15) is 0 Å². The number of ether oxygens (including phenoxy) is 1. The fraction of sp³-hybridized carbons (Fsp3) is 0.875. The largest absolute Gasteiger partial charge is 0.365 e. The first-order valence-corrected chi connectivity index (χ1v) is 4.43. The summed E-state index contributed by atoms with van der Waals surface area (Å²) in [7, 11) is 0. The Morgan fingerprint density at radius 3 is 2.75 bits per heavy atom. The number of hydrogen-bond acceptors (Lipinski definition) is 3. The number of carbonyl (C=O) groups excluding carboxylic acids is 1. The standard InChI is InChI=1S/C8H16N2O2/c1-2-7(8(11)10-9)12-6-4-3-5-6/h6-7H,2-5,9H2,1H3,(H,10,11). The van der Waals surface area contributed by atoms with Crippen molar-refractivity contribution in [3.8, 4) is 0 Å². The second-order valence-electron chi connectivity index (χ2n) is 3.09. The minimum Gasteiger partial charge on any atom is -0.365 e. The average molecular weight is 172 g/mol. The summed E-state index contributed by atoms with van der Waals surface area (Å²) in [5, 5.41) is 0. The minimum atomic E-state index is -0.361. The lowest BCUT2D eigenvalue weighted by Crippen LogP contribution is -2.42. The van der Waals surface area contributed by atoms with Crippen LogP contribution in [0.1, 0.15) is 32.6 Å². The predicted octanol–water partition coefficient (Wildman–Crippen LogP) is 0.324. The monoisotopic (exact) mass is 172 g/mol. The molecule has 0 heterocycles. The van der Waals surface area contributed by atoms with E-state index in [-0.39, 0.29) is 18.1 Å². The van der Waals surface area contributed by atoms with Crippen LogP contribution in [0, 0.1) is 0 Å². The van der Waals surface area contributed by atoms with Gasteiger partial charge in [-0.25, -0.2) is 5.84 Å². The Bertz CT molecular complexity index is 157. The van der Waals surface area contributed by atoms with Crippen molar-refractivity contribution in [1.82, 2.24) is 5.43 Å². The Labute approximate surface area is 72.4 Å². The highest BCUT2D eigenvalue weighted by Gasteiger charge is 2.25. The molecule has 4 nitrogen and oxygen atoms in total. The quantitative estimate of drug-likeness (QED) is 0.365. The van der Waals surface area contributed by atoms with Crippen molar-refractivity contribution < 1.29 is 9.53 Å². The van der Waals surface area contributed by atoms with E-state index in [9.17, 15) is 4.79 Å². The predicted molar refractivity (Wildman–Crippen MR) is 45.1 cm³/mol. The Kier molecular flexibility index (Phi) is 3.49. The highest BCUT2D eigenvalue weighted by molar-refractivity contribution is 5.80. The highest BCUT2D eigenvalue weighted by Crippen LogP contribution is 2.23. The molecule has 4 heteroatoms. The molecular formula is C8H16N2O2. The van der Waals surface area contributed by atoms with Gasteiger partial charge in [-0.1, -0.05) is 6.92 Å². The summed E-state index contributed by atoms with van der Waals surface area (Å²) in [5.41, 5.74) is 2.11. The van der Waals surface area contributed by atoms with Gasteiger partial charge < -0.3 is 4.74 Å². The molecule has 0 spiro atoms. The molecule has 12 heavy (non-hydrogen) atoms. The number of carbonyl (C=O) groups is 1. The summed E-state index contributed by atoms with van der Waals surface area (Å²) in [6.45, 7) is 1.92. The van der Waals surface area contributed by atoms with Crippen molar-refractivity contribution in [3.05, 3.63) is 0 Å². The van der Waals surface area contributed by atoms with E-state index >= 15 is 0 Å². The molecule has 0 radical (unpaired) electrons. The number of amides is 1.